The van der Waals surface area contributed by atoms with Crippen molar-refractivity contribution in [1.82, 2.24) is 14.6 Å². The number of nitrogens with zero attached hydrogens (tertiary/aromatic N) is 3. The minimum atomic E-state index is 0.539. The number of carbonyl (C=O) groups is 1. The van der Waals surface area contributed by atoms with Gasteiger partial charge in [-0.25, -0.2) is 0 Å². The molecule has 5 heteroatoms. The van der Waals surface area contributed by atoms with Crippen molar-refractivity contribution >= 4 is 11.9 Å². The van der Waals surface area contributed by atoms with E-state index in [1.165, 1.54) is 0 Å². The zero-order valence-electron chi connectivity index (χ0n) is 11.0. The van der Waals surface area contributed by atoms with E-state index in [4.69, 9.17) is 4.74 Å². The van der Waals surface area contributed by atoms with Crippen LogP contribution in [0.2, 0.25) is 0 Å². The molecule has 0 amide bonds. The molecule has 0 N–H and O–H groups in total. The molecule has 5 nitrogen and oxygen atoms in total. The molecule has 0 saturated carbocycles. The molecule has 1 aromatic carbocycles. The molecule has 20 heavy (non-hydrogen) atoms. The van der Waals surface area contributed by atoms with Crippen molar-refractivity contribution in [3.8, 4) is 5.75 Å². The van der Waals surface area contributed by atoms with Gasteiger partial charge in [-0.05, 0) is 29.8 Å². The Morgan fingerprint density at radius 2 is 2.15 bits per heavy atom. The van der Waals surface area contributed by atoms with Gasteiger partial charge < -0.3 is 4.74 Å². The number of benzene rings is 1. The molecule has 2 aromatic heterocycles. The highest BCUT2D eigenvalue weighted by molar-refractivity contribution is 5.83. The molecule has 0 spiro atoms. The molecule has 0 bridgehead atoms. The largest absolute Gasteiger partial charge is 0.497 e. The molecule has 0 aliphatic rings. The number of carbonyl (C=O) groups excluding carboxylic acids is 1. The van der Waals surface area contributed by atoms with Gasteiger partial charge in [0, 0.05) is 12.6 Å². The third-order valence-electron chi connectivity index (χ3n) is 3.16. The third kappa shape index (κ3) is 2.14. The second kappa shape index (κ2) is 5.13. The molecule has 0 aliphatic heterocycles. The Hall–Kier alpha value is -2.69. The molecule has 0 unspecified atom stereocenters. The summed E-state index contributed by atoms with van der Waals surface area (Å²) in [5.74, 6) is 1.60. The zero-order chi connectivity index (χ0) is 13.9. The fourth-order valence-corrected chi connectivity index (χ4v) is 2.16. The highest BCUT2D eigenvalue weighted by Crippen LogP contribution is 2.16. The van der Waals surface area contributed by atoms with Crippen LogP contribution >= 0.6 is 0 Å². The van der Waals surface area contributed by atoms with E-state index in [-0.39, 0.29) is 0 Å². The molecule has 0 aliphatic carbocycles. The van der Waals surface area contributed by atoms with E-state index < -0.39 is 0 Å². The lowest BCUT2D eigenvalue weighted by Crippen LogP contribution is -1.98. The fourth-order valence-electron chi connectivity index (χ4n) is 2.16. The van der Waals surface area contributed by atoms with Gasteiger partial charge in [0.25, 0.3) is 0 Å². The van der Waals surface area contributed by atoms with Gasteiger partial charge in [-0.1, -0.05) is 12.1 Å². The average Bonchev–Trinajstić information content (AvgIpc) is 2.90. The van der Waals surface area contributed by atoms with E-state index in [0.29, 0.717) is 17.6 Å². The number of rotatable bonds is 4. The van der Waals surface area contributed by atoms with Gasteiger partial charge in [0.1, 0.15) is 11.6 Å². The van der Waals surface area contributed by atoms with Crippen LogP contribution < -0.4 is 4.74 Å². The Morgan fingerprint density at radius 3 is 2.95 bits per heavy atom. The van der Waals surface area contributed by atoms with Crippen LogP contribution in [0, 0.1) is 0 Å². The lowest BCUT2D eigenvalue weighted by molar-refractivity contribution is 0.112. The molecule has 3 rings (SSSR count). The van der Waals surface area contributed by atoms with Gasteiger partial charge in [-0.3, -0.25) is 9.20 Å². The first-order valence-electron chi connectivity index (χ1n) is 6.22. The second-order valence-corrected chi connectivity index (χ2v) is 4.42. The highest BCUT2D eigenvalue weighted by atomic mass is 16.5. The number of pyridine rings is 1. The van der Waals surface area contributed by atoms with Gasteiger partial charge in [-0.2, -0.15) is 0 Å². The summed E-state index contributed by atoms with van der Waals surface area (Å²) in [6, 6.07) is 11.4. The first-order chi connectivity index (χ1) is 9.81. The number of aldehydes is 1. The van der Waals surface area contributed by atoms with Crippen LogP contribution in [-0.2, 0) is 6.42 Å². The van der Waals surface area contributed by atoms with Gasteiger partial charge in [0.2, 0.25) is 0 Å². The summed E-state index contributed by atoms with van der Waals surface area (Å²) in [6.45, 7) is 0. The van der Waals surface area contributed by atoms with Crippen molar-refractivity contribution in [2.45, 2.75) is 6.42 Å². The van der Waals surface area contributed by atoms with E-state index in [1.807, 2.05) is 40.9 Å². The van der Waals surface area contributed by atoms with Crippen LogP contribution in [0.3, 0.4) is 0 Å². The first-order valence-corrected chi connectivity index (χ1v) is 6.22. The van der Waals surface area contributed by atoms with Crippen LogP contribution in [0.5, 0.6) is 5.75 Å². The van der Waals surface area contributed by atoms with Crippen molar-refractivity contribution in [3.63, 3.8) is 0 Å². The topological polar surface area (TPSA) is 56.5 Å². The lowest BCUT2D eigenvalue weighted by Gasteiger charge is -2.04. The van der Waals surface area contributed by atoms with Crippen molar-refractivity contribution in [2.75, 3.05) is 7.11 Å². The molecule has 0 fully saturated rings. The summed E-state index contributed by atoms with van der Waals surface area (Å²) in [5, 5.41) is 8.25. The molecular formula is C15H13N3O2. The highest BCUT2D eigenvalue weighted by Gasteiger charge is 2.09. The predicted octanol–water partition coefficient (Wildman–Crippen LogP) is 2.14. The van der Waals surface area contributed by atoms with Gasteiger partial charge in [0.05, 0.1) is 12.7 Å². The van der Waals surface area contributed by atoms with Crippen molar-refractivity contribution in [2.24, 2.45) is 0 Å². The van der Waals surface area contributed by atoms with Crippen LogP contribution in [0.25, 0.3) is 5.65 Å². The van der Waals surface area contributed by atoms with Crippen LogP contribution in [0.1, 0.15) is 21.7 Å². The molecule has 3 aromatic rings. The average molecular weight is 267 g/mol. The Labute approximate surface area is 115 Å². The summed E-state index contributed by atoms with van der Waals surface area (Å²) in [7, 11) is 1.64. The minimum absolute atomic E-state index is 0.539. The number of aromatic nitrogens is 3. The summed E-state index contributed by atoms with van der Waals surface area (Å²) >= 11 is 0. The Bertz CT molecular complexity index is 765. The molecule has 0 atom stereocenters. The Balaban J connectivity index is 2.00. The monoisotopic (exact) mass is 267 g/mol. The van der Waals surface area contributed by atoms with E-state index in [1.54, 1.807) is 13.2 Å². The summed E-state index contributed by atoms with van der Waals surface area (Å²) in [6.07, 6.45) is 3.28. The van der Waals surface area contributed by atoms with Crippen LogP contribution in [-0.4, -0.2) is 28.0 Å². The predicted molar refractivity (Wildman–Crippen MR) is 74.2 cm³/mol. The maximum atomic E-state index is 11.0. The van der Waals surface area contributed by atoms with Crippen molar-refractivity contribution in [3.05, 3.63) is 59.5 Å². The zero-order valence-corrected chi connectivity index (χ0v) is 11.0. The Kier molecular flexibility index (Phi) is 3.16. The van der Waals surface area contributed by atoms with Gasteiger partial charge in [-0.15, -0.1) is 10.2 Å². The van der Waals surface area contributed by atoms with Crippen molar-refractivity contribution in [1.29, 1.82) is 0 Å². The number of methoxy groups -OCH3 is 1. The van der Waals surface area contributed by atoms with Crippen LogP contribution in [0.4, 0.5) is 0 Å². The fraction of sp³-hybridized carbons (Fsp3) is 0.133. The summed E-state index contributed by atoms with van der Waals surface area (Å²) in [4.78, 5) is 11.0. The molecule has 100 valence electrons. The third-order valence-corrected chi connectivity index (χ3v) is 3.16. The quantitative estimate of drug-likeness (QED) is 0.680. The molecule has 0 saturated heterocycles. The summed E-state index contributed by atoms with van der Waals surface area (Å²) in [5.41, 5.74) is 2.20. The van der Waals surface area contributed by atoms with Crippen LogP contribution in [0.15, 0.2) is 42.6 Å². The Morgan fingerprint density at radius 1 is 1.25 bits per heavy atom. The van der Waals surface area contributed by atoms with E-state index >= 15 is 0 Å². The number of ether oxygens (including phenoxy) is 1. The van der Waals surface area contributed by atoms with E-state index in [2.05, 4.69) is 10.2 Å². The SMILES string of the molecule is COc1cccc(Cc2nnc3c(C=O)cccn23)c1. The summed E-state index contributed by atoms with van der Waals surface area (Å²) < 4.78 is 7.05. The number of hydrogen-bond donors (Lipinski definition) is 0. The van der Waals surface area contributed by atoms with E-state index in [0.717, 1.165) is 23.4 Å². The first kappa shape index (κ1) is 12.3. The van der Waals surface area contributed by atoms with Gasteiger partial charge in [0.15, 0.2) is 11.9 Å². The maximum absolute atomic E-state index is 11.0. The van der Waals surface area contributed by atoms with Crippen molar-refractivity contribution < 1.29 is 9.53 Å². The number of fused-ring (bicyclic) bond motifs is 1. The normalized spacial score (nSPS) is 10.7. The standard InChI is InChI=1S/C15H13N3O2/c1-20-13-6-2-4-11(8-13)9-14-16-17-15-12(10-19)5-3-7-18(14)15/h2-8,10H,9H2,1H3. The smallest absolute Gasteiger partial charge is 0.171 e. The molecular weight excluding hydrogens is 254 g/mol. The minimum Gasteiger partial charge on any atom is -0.497 e. The van der Waals surface area contributed by atoms with E-state index in [9.17, 15) is 4.79 Å². The molecule has 0 radical (unpaired) electrons. The maximum Gasteiger partial charge on any atom is 0.171 e. The lowest BCUT2D eigenvalue weighted by atomic mass is 10.1. The second-order valence-electron chi connectivity index (χ2n) is 4.42. The number of hydrogen-bond acceptors (Lipinski definition) is 4. The molecule has 2 heterocycles. The van der Waals surface area contributed by atoms with Gasteiger partial charge >= 0.3 is 0 Å².